The zero-order valence-corrected chi connectivity index (χ0v) is 14.1. The van der Waals surface area contributed by atoms with Gasteiger partial charge in [0.2, 0.25) is 0 Å². The lowest BCUT2D eigenvalue weighted by Gasteiger charge is -2.27. The number of rotatable bonds is 7. The maximum atomic E-state index is 12.2. The Balaban J connectivity index is 1.83. The van der Waals surface area contributed by atoms with Crippen molar-refractivity contribution < 1.29 is 19.4 Å². The topological polar surface area (TPSA) is 87.7 Å². The third kappa shape index (κ3) is 5.44. The van der Waals surface area contributed by atoms with Crippen LogP contribution >= 0.6 is 0 Å². The number of carbonyl (C=O) groups excluding carboxylic acids is 1. The quantitative estimate of drug-likeness (QED) is 0.664. The minimum absolute atomic E-state index is 0.0220. The van der Waals surface area contributed by atoms with Crippen LogP contribution in [0, 0.1) is 5.92 Å². The molecule has 0 radical (unpaired) electrons. The third-order valence-corrected chi connectivity index (χ3v) is 4.30. The average Bonchev–Trinajstić information content (AvgIpc) is 2.57. The molecule has 2 amide bonds. The highest BCUT2D eigenvalue weighted by molar-refractivity contribution is 5.91. The van der Waals surface area contributed by atoms with Gasteiger partial charge in [-0.3, -0.25) is 4.79 Å². The molecule has 0 atom stereocenters. The van der Waals surface area contributed by atoms with Crippen LogP contribution in [0.25, 0.3) is 0 Å². The Kier molecular flexibility index (Phi) is 6.90. The smallest absolute Gasteiger partial charge is 0.319 e. The SMILES string of the molecule is CCCCOc1ccccc1NC(=O)NC1CCC(C(=O)O)CC1. The lowest BCUT2D eigenvalue weighted by atomic mass is 9.86. The number of unbranched alkanes of at least 4 members (excludes halogenated alkanes) is 1. The number of urea groups is 1. The summed E-state index contributed by atoms with van der Waals surface area (Å²) in [4.78, 5) is 23.1. The summed E-state index contributed by atoms with van der Waals surface area (Å²) in [6.45, 7) is 2.72. The van der Waals surface area contributed by atoms with Crippen LogP contribution in [-0.4, -0.2) is 29.8 Å². The zero-order chi connectivity index (χ0) is 17.4. The van der Waals surface area contributed by atoms with Gasteiger partial charge in [-0.05, 0) is 44.2 Å². The maximum absolute atomic E-state index is 12.2. The van der Waals surface area contributed by atoms with E-state index in [0.29, 0.717) is 43.7 Å². The van der Waals surface area contributed by atoms with E-state index < -0.39 is 5.97 Å². The van der Waals surface area contributed by atoms with E-state index in [4.69, 9.17) is 9.84 Å². The van der Waals surface area contributed by atoms with E-state index in [1.165, 1.54) is 0 Å². The number of hydrogen-bond acceptors (Lipinski definition) is 3. The number of carbonyl (C=O) groups is 2. The molecule has 0 spiro atoms. The fourth-order valence-electron chi connectivity index (χ4n) is 2.85. The number of amides is 2. The van der Waals surface area contributed by atoms with Crippen LogP contribution in [0.1, 0.15) is 45.4 Å². The second-order valence-corrected chi connectivity index (χ2v) is 6.18. The number of carboxylic acids is 1. The van der Waals surface area contributed by atoms with Crippen molar-refractivity contribution in [2.45, 2.75) is 51.5 Å². The fraction of sp³-hybridized carbons (Fsp3) is 0.556. The lowest BCUT2D eigenvalue weighted by Crippen LogP contribution is -2.41. The van der Waals surface area contributed by atoms with Crippen molar-refractivity contribution in [3.8, 4) is 5.75 Å². The maximum Gasteiger partial charge on any atom is 0.319 e. The minimum Gasteiger partial charge on any atom is -0.491 e. The summed E-state index contributed by atoms with van der Waals surface area (Å²) in [6.07, 6.45) is 4.62. The Morgan fingerprint density at radius 3 is 2.58 bits per heavy atom. The molecule has 24 heavy (non-hydrogen) atoms. The number of carboxylic acid groups (broad SMARTS) is 1. The van der Waals surface area contributed by atoms with Crippen LogP contribution in [-0.2, 0) is 4.79 Å². The van der Waals surface area contributed by atoms with Gasteiger partial charge in [0.05, 0.1) is 18.2 Å². The fourth-order valence-corrected chi connectivity index (χ4v) is 2.85. The summed E-state index contributed by atoms with van der Waals surface area (Å²) in [5.41, 5.74) is 0.644. The van der Waals surface area contributed by atoms with Crippen molar-refractivity contribution in [3.63, 3.8) is 0 Å². The molecule has 1 aliphatic carbocycles. The number of para-hydroxylation sites is 2. The van der Waals surface area contributed by atoms with Crippen LogP contribution in [0.15, 0.2) is 24.3 Å². The number of hydrogen-bond donors (Lipinski definition) is 3. The molecule has 0 bridgehead atoms. The van der Waals surface area contributed by atoms with E-state index in [0.717, 1.165) is 12.8 Å². The summed E-state index contributed by atoms with van der Waals surface area (Å²) in [5, 5.41) is 14.8. The second kappa shape index (κ2) is 9.15. The average molecular weight is 334 g/mol. The predicted molar refractivity (Wildman–Crippen MR) is 92.4 cm³/mol. The second-order valence-electron chi connectivity index (χ2n) is 6.18. The van der Waals surface area contributed by atoms with Gasteiger partial charge in [0.25, 0.3) is 0 Å². The first kappa shape index (κ1) is 18.1. The lowest BCUT2D eigenvalue weighted by molar-refractivity contribution is -0.142. The van der Waals surface area contributed by atoms with Crippen molar-refractivity contribution >= 4 is 17.7 Å². The van der Waals surface area contributed by atoms with Crippen molar-refractivity contribution in [1.29, 1.82) is 0 Å². The standard InChI is InChI=1S/C18H26N2O4/c1-2-3-12-24-16-7-5-4-6-15(16)20-18(23)19-14-10-8-13(9-11-14)17(21)22/h4-7,13-14H,2-3,8-12H2,1H3,(H,21,22)(H2,19,20,23). The minimum atomic E-state index is -0.740. The van der Waals surface area contributed by atoms with E-state index in [2.05, 4.69) is 17.6 Å². The molecule has 6 heteroatoms. The normalized spacial score (nSPS) is 20.2. The highest BCUT2D eigenvalue weighted by Crippen LogP contribution is 2.26. The number of aliphatic carboxylic acids is 1. The van der Waals surface area contributed by atoms with E-state index in [9.17, 15) is 9.59 Å². The molecule has 1 saturated carbocycles. The molecular formula is C18H26N2O4. The molecule has 0 saturated heterocycles. The third-order valence-electron chi connectivity index (χ3n) is 4.30. The predicted octanol–water partition coefficient (Wildman–Crippen LogP) is 3.63. The van der Waals surface area contributed by atoms with Crippen molar-refractivity contribution in [1.82, 2.24) is 5.32 Å². The number of nitrogens with one attached hydrogen (secondary N) is 2. The van der Waals surface area contributed by atoms with Crippen LogP contribution in [0.4, 0.5) is 10.5 Å². The monoisotopic (exact) mass is 334 g/mol. The molecule has 3 N–H and O–H groups in total. The van der Waals surface area contributed by atoms with Crippen molar-refractivity contribution in [2.75, 3.05) is 11.9 Å². The van der Waals surface area contributed by atoms with Gasteiger partial charge in [-0.2, -0.15) is 0 Å². The van der Waals surface area contributed by atoms with Gasteiger partial charge in [0, 0.05) is 6.04 Å². The Labute approximate surface area is 142 Å². The number of ether oxygens (including phenoxy) is 1. The molecule has 132 valence electrons. The Bertz CT molecular complexity index is 554. The van der Waals surface area contributed by atoms with E-state index in [-0.39, 0.29) is 18.0 Å². The Hall–Kier alpha value is -2.24. The largest absolute Gasteiger partial charge is 0.491 e. The van der Waals surface area contributed by atoms with Crippen LogP contribution < -0.4 is 15.4 Å². The Morgan fingerprint density at radius 1 is 1.21 bits per heavy atom. The molecule has 0 heterocycles. The van der Waals surface area contributed by atoms with Crippen LogP contribution in [0.5, 0.6) is 5.75 Å². The molecule has 0 aliphatic heterocycles. The number of anilines is 1. The van der Waals surface area contributed by atoms with Gasteiger partial charge in [0.1, 0.15) is 5.75 Å². The first-order valence-electron chi connectivity index (χ1n) is 8.62. The molecule has 0 unspecified atom stereocenters. The molecule has 1 aromatic carbocycles. The summed E-state index contributed by atoms with van der Waals surface area (Å²) >= 11 is 0. The molecule has 1 aromatic rings. The van der Waals surface area contributed by atoms with Gasteiger partial charge >= 0.3 is 12.0 Å². The summed E-state index contributed by atoms with van der Waals surface area (Å²) in [7, 11) is 0. The van der Waals surface area contributed by atoms with Gasteiger partial charge in [-0.15, -0.1) is 0 Å². The van der Waals surface area contributed by atoms with Gasteiger partial charge in [0.15, 0.2) is 0 Å². The highest BCUT2D eigenvalue weighted by atomic mass is 16.5. The van der Waals surface area contributed by atoms with Crippen LogP contribution in [0.2, 0.25) is 0 Å². The van der Waals surface area contributed by atoms with Crippen LogP contribution in [0.3, 0.4) is 0 Å². The number of benzene rings is 1. The summed E-state index contributed by atoms with van der Waals surface area (Å²) in [6, 6.07) is 7.11. The molecule has 2 rings (SSSR count). The molecule has 0 aromatic heterocycles. The first-order valence-corrected chi connectivity index (χ1v) is 8.62. The van der Waals surface area contributed by atoms with Crippen molar-refractivity contribution in [3.05, 3.63) is 24.3 Å². The van der Waals surface area contributed by atoms with E-state index in [1.54, 1.807) is 0 Å². The van der Waals surface area contributed by atoms with E-state index in [1.807, 2.05) is 24.3 Å². The summed E-state index contributed by atoms with van der Waals surface area (Å²) < 4.78 is 5.70. The first-order chi connectivity index (χ1) is 11.6. The van der Waals surface area contributed by atoms with Crippen molar-refractivity contribution in [2.24, 2.45) is 5.92 Å². The zero-order valence-electron chi connectivity index (χ0n) is 14.1. The van der Waals surface area contributed by atoms with Gasteiger partial charge in [-0.25, -0.2) is 4.79 Å². The Morgan fingerprint density at radius 2 is 1.92 bits per heavy atom. The summed E-state index contributed by atoms with van der Waals surface area (Å²) in [5.74, 6) is -0.356. The molecule has 6 nitrogen and oxygen atoms in total. The molecule has 1 aliphatic rings. The molecule has 1 fully saturated rings. The van der Waals surface area contributed by atoms with Gasteiger partial charge in [-0.1, -0.05) is 25.5 Å². The van der Waals surface area contributed by atoms with Gasteiger partial charge < -0.3 is 20.5 Å². The molecular weight excluding hydrogens is 308 g/mol. The highest BCUT2D eigenvalue weighted by Gasteiger charge is 2.26. The van der Waals surface area contributed by atoms with E-state index >= 15 is 0 Å².